The first kappa shape index (κ1) is 19.5. The molecule has 0 aromatic heterocycles. The summed E-state index contributed by atoms with van der Waals surface area (Å²) in [5.74, 6) is 0.753. The van der Waals surface area contributed by atoms with Gasteiger partial charge in [-0.1, -0.05) is 12.1 Å². The van der Waals surface area contributed by atoms with Gasteiger partial charge in [-0.25, -0.2) is 0 Å². The third-order valence-electron chi connectivity index (χ3n) is 3.77. The second kappa shape index (κ2) is 10.2. The number of carbonyl (C=O) groups excluding carboxylic acids is 2. The summed E-state index contributed by atoms with van der Waals surface area (Å²) in [6, 6.07) is 7.54. The molecule has 1 aliphatic heterocycles. The molecule has 1 amide bonds. The van der Waals surface area contributed by atoms with Gasteiger partial charge in [0.15, 0.2) is 5.78 Å². The highest BCUT2D eigenvalue weighted by Gasteiger charge is 2.14. The van der Waals surface area contributed by atoms with Crippen LogP contribution in [0.5, 0.6) is 5.75 Å². The quantitative estimate of drug-likeness (QED) is 0.563. The number of hydrogen-bond donors (Lipinski definition) is 2. The van der Waals surface area contributed by atoms with Crippen molar-refractivity contribution in [3.8, 4) is 5.75 Å². The van der Waals surface area contributed by atoms with Crippen molar-refractivity contribution in [3.05, 3.63) is 29.8 Å². The molecule has 0 bridgehead atoms. The van der Waals surface area contributed by atoms with Crippen molar-refractivity contribution in [2.24, 2.45) is 0 Å². The highest BCUT2D eigenvalue weighted by Crippen LogP contribution is 2.14. The van der Waals surface area contributed by atoms with Crippen LogP contribution in [0.2, 0.25) is 0 Å². The first-order valence-electron chi connectivity index (χ1n) is 7.89. The molecule has 0 radical (unpaired) electrons. The maximum Gasteiger partial charge on any atom is 0.220 e. The standard InChI is InChI=1S/C17H24N2O3.ClH/c1-13(20)14-5-2-7-16(11-14)22-10-4-8-17(21)19-12-15-6-3-9-18-15;/h2,5,7,11,15,18H,3-4,6,8-10,12H2,1H3,(H,19,21);1H. The molecule has 2 rings (SSSR count). The summed E-state index contributed by atoms with van der Waals surface area (Å²) in [7, 11) is 0. The lowest BCUT2D eigenvalue weighted by molar-refractivity contribution is -0.121. The van der Waals surface area contributed by atoms with Crippen LogP contribution < -0.4 is 15.4 Å². The highest BCUT2D eigenvalue weighted by atomic mass is 35.5. The number of carbonyl (C=O) groups is 2. The topological polar surface area (TPSA) is 67.4 Å². The number of benzene rings is 1. The number of rotatable bonds is 8. The van der Waals surface area contributed by atoms with Crippen molar-refractivity contribution in [2.45, 2.75) is 38.6 Å². The van der Waals surface area contributed by atoms with E-state index in [2.05, 4.69) is 10.6 Å². The molecule has 23 heavy (non-hydrogen) atoms. The SMILES string of the molecule is CC(=O)c1cccc(OCCCC(=O)NCC2CCCN2)c1.Cl. The molecule has 1 saturated heterocycles. The van der Waals surface area contributed by atoms with Crippen LogP contribution in [0.15, 0.2) is 24.3 Å². The van der Waals surface area contributed by atoms with Crippen molar-refractivity contribution >= 4 is 24.1 Å². The zero-order valence-electron chi connectivity index (χ0n) is 13.5. The first-order valence-corrected chi connectivity index (χ1v) is 7.89. The predicted molar refractivity (Wildman–Crippen MR) is 92.5 cm³/mol. The van der Waals surface area contributed by atoms with Crippen LogP contribution in [0, 0.1) is 0 Å². The third-order valence-corrected chi connectivity index (χ3v) is 3.77. The van der Waals surface area contributed by atoms with Gasteiger partial charge in [0.05, 0.1) is 6.61 Å². The molecule has 1 heterocycles. The zero-order chi connectivity index (χ0) is 15.8. The smallest absolute Gasteiger partial charge is 0.220 e. The molecular formula is C17H25ClN2O3. The minimum Gasteiger partial charge on any atom is -0.494 e. The van der Waals surface area contributed by atoms with E-state index in [0.717, 1.165) is 13.0 Å². The average molecular weight is 341 g/mol. The largest absolute Gasteiger partial charge is 0.494 e. The van der Waals surface area contributed by atoms with Crippen LogP contribution >= 0.6 is 12.4 Å². The molecule has 0 saturated carbocycles. The van der Waals surface area contributed by atoms with Gasteiger partial charge in [0, 0.05) is 24.6 Å². The summed E-state index contributed by atoms with van der Waals surface area (Å²) in [4.78, 5) is 23.0. The Balaban J connectivity index is 0.00000264. The van der Waals surface area contributed by atoms with Crippen LogP contribution in [-0.2, 0) is 4.79 Å². The summed E-state index contributed by atoms with van der Waals surface area (Å²) >= 11 is 0. The van der Waals surface area contributed by atoms with E-state index in [1.165, 1.54) is 13.3 Å². The van der Waals surface area contributed by atoms with E-state index in [4.69, 9.17) is 4.74 Å². The molecule has 1 fully saturated rings. The maximum atomic E-state index is 11.7. The van der Waals surface area contributed by atoms with E-state index in [-0.39, 0.29) is 24.1 Å². The molecule has 1 atom stereocenters. The number of ketones is 1. The molecule has 0 aliphatic carbocycles. The minimum absolute atomic E-state index is 0. The molecule has 1 aromatic carbocycles. The number of amides is 1. The molecule has 1 unspecified atom stereocenters. The summed E-state index contributed by atoms with van der Waals surface area (Å²) < 4.78 is 5.58. The van der Waals surface area contributed by atoms with Crippen LogP contribution in [0.4, 0.5) is 0 Å². The molecule has 1 aliphatic rings. The van der Waals surface area contributed by atoms with E-state index in [1.54, 1.807) is 18.2 Å². The van der Waals surface area contributed by atoms with Gasteiger partial charge in [0.1, 0.15) is 5.75 Å². The van der Waals surface area contributed by atoms with Gasteiger partial charge in [-0.05, 0) is 44.9 Å². The second-order valence-corrected chi connectivity index (χ2v) is 5.63. The Labute approximate surface area is 143 Å². The summed E-state index contributed by atoms with van der Waals surface area (Å²) in [6.45, 7) is 3.76. The van der Waals surface area contributed by atoms with Crippen molar-refractivity contribution in [1.29, 1.82) is 0 Å². The fraction of sp³-hybridized carbons (Fsp3) is 0.529. The predicted octanol–water partition coefficient (Wildman–Crippen LogP) is 2.34. The third kappa shape index (κ3) is 7.01. The molecule has 1 aromatic rings. The lowest BCUT2D eigenvalue weighted by atomic mass is 10.1. The van der Waals surface area contributed by atoms with E-state index in [0.29, 0.717) is 43.3 Å². The Morgan fingerprint density at radius 3 is 2.91 bits per heavy atom. The molecule has 2 N–H and O–H groups in total. The normalized spacial score (nSPS) is 16.5. The minimum atomic E-state index is 0. The summed E-state index contributed by atoms with van der Waals surface area (Å²) in [5.41, 5.74) is 0.638. The monoisotopic (exact) mass is 340 g/mol. The number of halogens is 1. The van der Waals surface area contributed by atoms with Crippen LogP contribution in [-0.4, -0.2) is 37.4 Å². The van der Waals surface area contributed by atoms with E-state index < -0.39 is 0 Å². The Morgan fingerprint density at radius 2 is 2.22 bits per heavy atom. The van der Waals surface area contributed by atoms with E-state index >= 15 is 0 Å². The number of ether oxygens (including phenoxy) is 1. The molecule has 5 nitrogen and oxygen atoms in total. The first-order chi connectivity index (χ1) is 10.6. The van der Waals surface area contributed by atoms with Crippen molar-refractivity contribution < 1.29 is 14.3 Å². The lowest BCUT2D eigenvalue weighted by Gasteiger charge is -2.11. The van der Waals surface area contributed by atoms with Gasteiger partial charge in [-0.2, -0.15) is 0 Å². The number of Topliss-reactive ketones (excluding diaryl/α,β-unsaturated/α-hetero) is 1. The summed E-state index contributed by atoms with van der Waals surface area (Å²) in [6.07, 6.45) is 3.44. The highest BCUT2D eigenvalue weighted by molar-refractivity contribution is 5.94. The zero-order valence-corrected chi connectivity index (χ0v) is 14.3. The molecule has 0 spiro atoms. The van der Waals surface area contributed by atoms with Crippen molar-refractivity contribution in [3.63, 3.8) is 0 Å². The Kier molecular flexibility index (Phi) is 8.66. The van der Waals surface area contributed by atoms with Crippen LogP contribution in [0.25, 0.3) is 0 Å². The molecular weight excluding hydrogens is 316 g/mol. The Hall–Kier alpha value is -1.59. The fourth-order valence-corrected chi connectivity index (χ4v) is 2.48. The van der Waals surface area contributed by atoms with Gasteiger partial charge >= 0.3 is 0 Å². The molecule has 128 valence electrons. The average Bonchev–Trinajstić information content (AvgIpc) is 3.03. The number of nitrogens with one attached hydrogen (secondary N) is 2. The van der Waals surface area contributed by atoms with Crippen LogP contribution in [0.3, 0.4) is 0 Å². The van der Waals surface area contributed by atoms with Crippen LogP contribution in [0.1, 0.15) is 43.0 Å². The van der Waals surface area contributed by atoms with Gasteiger partial charge in [-0.15, -0.1) is 12.4 Å². The van der Waals surface area contributed by atoms with E-state index in [1.807, 2.05) is 6.07 Å². The maximum absolute atomic E-state index is 11.7. The second-order valence-electron chi connectivity index (χ2n) is 5.63. The van der Waals surface area contributed by atoms with Crippen molar-refractivity contribution in [2.75, 3.05) is 19.7 Å². The van der Waals surface area contributed by atoms with Gasteiger partial charge in [0.2, 0.25) is 5.91 Å². The Bertz CT molecular complexity index is 516. The van der Waals surface area contributed by atoms with Gasteiger partial charge < -0.3 is 15.4 Å². The lowest BCUT2D eigenvalue weighted by Crippen LogP contribution is -2.37. The number of hydrogen-bond acceptors (Lipinski definition) is 4. The summed E-state index contributed by atoms with van der Waals surface area (Å²) in [5, 5.41) is 6.29. The molecule has 6 heteroatoms. The van der Waals surface area contributed by atoms with Gasteiger partial charge in [-0.3, -0.25) is 9.59 Å². The fourth-order valence-electron chi connectivity index (χ4n) is 2.48. The van der Waals surface area contributed by atoms with Gasteiger partial charge in [0.25, 0.3) is 0 Å². The Morgan fingerprint density at radius 1 is 1.39 bits per heavy atom. The van der Waals surface area contributed by atoms with Crippen molar-refractivity contribution in [1.82, 2.24) is 10.6 Å². The van der Waals surface area contributed by atoms with E-state index in [9.17, 15) is 9.59 Å².